The number of carbonyl (C=O) groups is 1. The average Bonchev–Trinajstić information content (AvgIpc) is 2.77. The molecule has 0 aliphatic rings. The maximum Gasteiger partial charge on any atom is 0.271 e. The fraction of sp³-hybridized carbons (Fsp3) is 0.261. The van der Waals surface area contributed by atoms with Crippen LogP contribution in [0.2, 0.25) is 10.0 Å². The molecule has 1 heterocycles. The lowest BCUT2D eigenvalue weighted by molar-refractivity contribution is -0.120. The van der Waals surface area contributed by atoms with Gasteiger partial charge in [-0.3, -0.25) is 9.59 Å². The molecule has 0 fully saturated rings. The number of nitrogens with zero attached hydrogens (tertiary/aromatic N) is 2. The second-order valence-electron chi connectivity index (χ2n) is 7.13. The third-order valence-corrected chi connectivity index (χ3v) is 5.46. The first-order valence-corrected chi connectivity index (χ1v) is 10.7. The van der Waals surface area contributed by atoms with Crippen molar-refractivity contribution in [3.63, 3.8) is 0 Å². The van der Waals surface area contributed by atoms with E-state index in [1.165, 1.54) is 10.9 Å². The minimum absolute atomic E-state index is 0.118. The molecule has 3 aromatic rings. The van der Waals surface area contributed by atoms with Crippen molar-refractivity contribution in [3.8, 4) is 0 Å². The monoisotopic (exact) mass is 458 g/mol. The van der Waals surface area contributed by atoms with Gasteiger partial charge in [0.2, 0.25) is 5.91 Å². The van der Waals surface area contributed by atoms with Gasteiger partial charge in [0.05, 0.1) is 17.6 Å². The predicted octanol–water partition coefficient (Wildman–Crippen LogP) is 3.37. The van der Waals surface area contributed by atoms with Crippen LogP contribution in [0.15, 0.2) is 59.5 Å². The Balaban J connectivity index is 1.67. The van der Waals surface area contributed by atoms with Crippen molar-refractivity contribution < 1.29 is 4.79 Å². The first-order chi connectivity index (χ1) is 15.0. The smallest absolute Gasteiger partial charge is 0.271 e. The number of rotatable bonds is 9. The average molecular weight is 459 g/mol. The zero-order valence-corrected chi connectivity index (χ0v) is 18.7. The summed E-state index contributed by atoms with van der Waals surface area (Å²) in [5.41, 5.74) is 2.94. The lowest BCUT2D eigenvalue weighted by Gasteiger charge is -2.12. The number of carbonyl (C=O) groups excluding carboxylic acids is 1. The summed E-state index contributed by atoms with van der Waals surface area (Å²) in [5, 5.41) is 10.8. The molecule has 8 heteroatoms. The number of amides is 1. The zero-order chi connectivity index (χ0) is 22.2. The van der Waals surface area contributed by atoms with Crippen molar-refractivity contribution in [3.05, 3.63) is 97.4 Å². The first kappa shape index (κ1) is 23.0. The Morgan fingerprint density at radius 1 is 1.06 bits per heavy atom. The van der Waals surface area contributed by atoms with E-state index in [-0.39, 0.29) is 28.5 Å². The Morgan fingerprint density at radius 3 is 2.58 bits per heavy atom. The van der Waals surface area contributed by atoms with Crippen molar-refractivity contribution in [1.82, 2.24) is 20.4 Å². The largest absolute Gasteiger partial charge is 0.352 e. The summed E-state index contributed by atoms with van der Waals surface area (Å²) in [6.07, 6.45) is 1.95. The molecule has 1 amide bonds. The van der Waals surface area contributed by atoms with Gasteiger partial charge in [-0.2, -0.15) is 5.10 Å². The van der Waals surface area contributed by atoms with Crippen molar-refractivity contribution in [2.75, 3.05) is 7.05 Å². The lowest BCUT2D eigenvalue weighted by atomic mass is 10.1. The highest BCUT2D eigenvalue weighted by molar-refractivity contribution is 6.31. The van der Waals surface area contributed by atoms with E-state index in [2.05, 4.69) is 15.7 Å². The van der Waals surface area contributed by atoms with Crippen molar-refractivity contribution in [2.45, 2.75) is 32.5 Å². The van der Waals surface area contributed by atoms with Crippen LogP contribution in [-0.4, -0.2) is 22.7 Å². The van der Waals surface area contributed by atoms with Crippen LogP contribution in [0, 0.1) is 0 Å². The minimum Gasteiger partial charge on any atom is -0.352 e. The summed E-state index contributed by atoms with van der Waals surface area (Å²) in [7, 11) is 1.85. The van der Waals surface area contributed by atoms with Gasteiger partial charge in [-0.25, -0.2) is 4.68 Å². The van der Waals surface area contributed by atoms with Crippen LogP contribution in [0.1, 0.15) is 22.3 Å². The first-order valence-electron chi connectivity index (χ1n) is 9.95. The van der Waals surface area contributed by atoms with Crippen molar-refractivity contribution in [2.24, 2.45) is 0 Å². The molecule has 0 aliphatic heterocycles. The molecule has 0 spiro atoms. The number of hydrogen-bond donors (Lipinski definition) is 2. The molecule has 2 N–H and O–H groups in total. The molecule has 31 heavy (non-hydrogen) atoms. The number of benzene rings is 2. The summed E-state index contributed by atoms with van der Waals surface area (Å²) in [5.74, 6) is -0.296. The maximum atomic E-state index is 12.8. The van der Waals surface area contributed by atoms with Gasteiger partial charge in [0.25, 0.3) is 5.56 Å². The Kier molecular flexibility index (Phi) is 8.23. The molecular formula is C23H24Cl2N4O2. The number of aryl methyl sites for hydroxylation is 2. The van der Waals surface area contributed by atoms with Gasteiger partial charge in [0.1, 0.15) is 0 Å². The van der Waals surface area contributed by atoms with Crippen LogP contribution in [-0.2, 0) is 37.3 Å². The van der Waals surface area contributed by atoms with Gasteiger partial charge in [0, 0.05) is 30.2 Å². The number of hydrogen-bond acceptors (Lipinski definition) is 4. The number of aromatic nitrogens is 2. The number of halogens is 2. The second kappa shape index (κ2) is 11.1. The summed E-state index contributed by atoms with van der Waals surface area (Å²) >= 11 is 12.3. The van der Waals surface area contributed by atoms with Gasteiger partial charge in [-0.1, -0.05) is 59.6 Å². The van der Waals surface area contributed by atoms with Gasteiger partial charge < -0.3 is 10.6 Å². The van der Waals surface area contributed by atoms with Crippen LogP contribution in [0.25, 0.3) is 0 Å². The molecule has 162 valence electrons. The highest BCUT2D eigenvalue weighted by Gasteiger charge is 2.15. The summed E-state index contributed by atoms with van der Waals surface area (Å²) in [6.45, 7) is 1.37. The molecule has 1 aromatic heterocycles. The third-order valence-electron chi connectivity index (χ3n) is 4.90. The molecule has 0 saturated carbocycles. The normalized spacial score (nSPS) is 10.8. The van der Waals surface area contributed by atoms with E-state index < -0.39 is 0 Å². The Hall–Kier alpha value is -2.67. The van der Waals surface area contributed by atoms with Crippen LogP contribution >= 0.6 is 23.2 Å². The third kappa shape index (κ3) is 6.40. The summed E-state index contributed by atoms with van der Waals surface area (Å²) in [6, 6.07) is 15.4. The molecule has 6 nitrogen and oxygen atoms in total. The molecule has 0 saturated heterocycles. The van der Waals surface area contributed by atoms with Crippen LogP contribution in [0.5, 0.6) is 0 Å². The Morgan fingerprint density at radius 2 is 1.84 bits per heavy atom. The van der Waals surface area contributed by atoms with Crippen LogP contribution in [0.3, 0.4) is 0 Å². The molecule has 0 aliphatic carbocycles. The fourth-order valence-electron chi connectivity index (χ4n) is 3.25. The molecule has 0 unspecified atom stereocenters. The van der Waals surface area contributed by atoms with Gasteiger partial charge >= 0.3 is 0 Å². The van der Waals surface area contributed by atoms with E-state index in [1.807, 2.05) is 55.6 Å². The fourth-order valence-corrected chi connectivity index (χ4v) is 3.63. The van der Waals surface area contributed by atoms with Crippen molar-refractivity contribution >= 4 is 29.1 Å². The van der Waals surface area contributed by atoms with Gasteiger partial charge in [-0.15, -0.1) is 0 Å². The Bertz CT molecular complexity index is 1100. The quantitative estimate of drug-likeness (QED) is 0.515. The molecule has 0 atom stereocenters. The van der Waals surface area contributed by atoms with E-state index in [0.717, 1.165) is 16.7 Å². The highest BCUT2D eigenvalue weighted by Crippen LogP contribution is 2.16. The molecule has 0 bridgehead atoms. The van der Waals surface area contributed by atoms with Crippen LogP contribution < -0.4 is 16.2 Å². The Labute approximate surface area is 191 Å². The van der Waals surface area contributed by atoms with E-state index in [9.17, 15) is 9.59 Å². The van der Waals surface area contributed by atoms with Crippen LogP contribution in [0.4, 0.5) is 0 Å². The van der Waals surface area contributed by atoms with Crippen molar-refractivity contribution in [1.29, 1.82) is 0 Å². The highest BCUT2D eigenvalue weighted by atomic mass is 35.5. The topological polar surface area (TPSA) is 76.0 Å². The molecule has 0 radical (unpaired) electrons. The standard InChI is InChI=1S/C23H24Cl2N4O2/c1-26-13-17-7-8-19(24)11-18(17)14-27-22(30)12-20-21(25)15-28-29(23(20)31)10-9-16-5-3-2-4-6-16/h2-8,11,15,26H,9-10,12-14H2,1H3,(H,27,30). The predicted molar refractivity (Wildman–Crippen MR) is 123 cm³/mol. The van der Waals surface area contributed by atoms with E-state index in [1.54, 1.807) is 0 Å². The number of nitrogens with one attached hydrogen (secondary N) is 2. The summed E-state index contributed by atoms with van der Waals surface area (Å²) < 4.78 is 1.35. The zero-order valence-electron chi connectivity index (χ0n) is 17.2. The summed E-state index contributed by atoms with van der Waals surface area (Å²) in [4.78, 5) is 25.4. The minimum atomic E-state index is -0.350. The SMILES string of the molecule is CNCc1ccc(Cl)cc1CNC(=O)Cc1c(Cl)cnn(CCc2ccccc2)c1=O. The van der Waals surface area contributed by atoms with E-state index in [0.29, 0.717) is 31.1 Å². The van der Waals surface area contributed by atoms with E-state index >= 15 is 0 Å². The molecule has 2 aromatic carbocycles. The molecular weight excluding hydrogens is 435 g/mol. The molecule has 3 rings (SSSR count). The second-order valence-corrected chi connectivity index (χ2v) is 7.98. The lowest BCUT2D eigenvalue weighted by Crippen LogP contribution is -2.32. The van der Waals surface area contributed by atoms with E-state index in [4.69, 9.17) is 23.2 Å². The van der Waals surface area contributed by atoms with Gasteiger partial charge in [-0.05, 0) is 42.3 Å². The van der Waals surface area contributed by atoms with Gasteiger partial charge in [0.15, 0.2) is 0 Å². The maximum absolute atomic E-state index is 12.8.